The number of aryl methyl sites for hydroxylation is 2. The molecule has 2 N–H and O–H groups in total. The summed E-state index contributed by atoms with van der Waals surface area (Å²) in [5.74, 6) is -0.799. The third-order valence-corrected chi connectivity index (χ3v) is 3.20. The predicted octanol–water partition coefficient (Wildman–Crippen LogP) is 1.78. The van der Waals surface area contributed by atoms with E-state index in [0.717, 1.165) is 5.39 Å². The lowest BCUT2D eigenvalue weighted by Crippen LogP contribution is -2.13. The third kappa shape index (κ3) is 2.16. The van der Waals surface area contributed by atoms with Crippen LogP contribution in [0, 0.1) is 5.82 Å². The molecule has 0 unspecified atom stereocenters. The lowest BCUT2D eigenvalue weighted by Gasteiger charge is -2.06. The molecule has 0 spiro atoms. The Morgan fingerprint density at radius 3 is 2.80 bits per heavy atom. The first-order valence-electron chi connectivity index (χ1n) is 6.22. The van der Waals surface area contributed by atoms with Crippen LogP contribution in [0.25, 0.3) is 10.9 Å². The number of hydrogen-bond acceptors (Lipinski definition) is 2. The molecule has 6 heteroatoms. The van der Waals surface area contributed by atoms with E-state index in [2.05, 4.69) is 5.10 Å². The SMILES string of the molecule is NC(=O)c1ccn(CCn2ccc3cccc(F)c32)n1. The van der Waals surface area contributed by atoms with Crippen LogP contribution in [0.15, 0.2) is 42.7 Å². The molecule has 0 bridgehead atoms. The van der Waals surface area contributed by atoms with Crippen molar-refractivity contribution in [2.24, 2.45) is 5.73 Å². The number of rotatable bonds is 4. The number of fused-ring (bicyclic) bond motifs is 1. The van der Waals surface area contributed by atoms with Gasteiger partial charge in [0.05, 0.1) is 12.1 Å². The minimum absolute atomic E-state index is 0.230. The number of amides is 1. The summed E-state index contributed by atoms with van der Waals surface area (Å²) < 4.78 is 17.3. The van der Waals surface area contributed by atoms with Gasteiger partial charge in [-0.2, -0.15) is 5.10 Å². The second-order valence-corrected chi connectivity index (χ2v) is 4.52. The van der Waals surface area contributed by atoms with Crippen molar-refractivity contribution in [2.75, 3.05) is 0 Å². The molecule has 0 saturated carbocycles. The molecule has 0 aliphatic carbocycles. The molecule has 0 saturated heterocycles. The van der Waals surface area contributed by atoms with Gasteiger partial charge in [-0.3, -0.25) is 9.48 Å². The number of benzene rings is 1. The van der Waals surface area contributed by atoms with E-state index in [0.29, 0.717) is 18.6 Å². The van der Waals surface area contributed by atoms with E-state index >= 15 is 0 Å². The minimum atomic E-state index is -0.554. The quantitative estimate of drug-likeness (QED) is 0.786. The first kappa shape index (κ1) is 12.4. The van der Waals surface area contributed by atoms with Crippen molar-refractivity contribution < 1.29 is 9.18 Å². The molecule has 0 atom stereocenters. The first-order chi connectivity index (χ1) is 9.65. The van der Waals surface area contributed by atoms with Crippen LogP contribution in [0.4, 0.5) is 4.39 Å². The molecule has 5 nitrogen and oxygen atoms in total. The molecule has 0 aliphatic rings. The van der Waals surface area contributed by atoms with E-state index in [9.17, 15) is 9.18 Å². The number of primary amides is 1. The molecular weight excluding hydrogens is 259 g/mol. The van der Waals surface area contributed by atoms with Crippen LogP contribution in [0.1, 0.15) is 10.5 Å². The minimum Gasteiger partial charge on any atom is -0.364 e. The van der Waals surface area contributed by atoms with Gasteiger partial charge in [-0.25, -0.2) is 4.39 Å². The Balaban J connectivity index is 1.81. The fraction of sp³-hybridized carbons (Fsp3) is 0.143. The molecule has 1 aromatic carbocycles. The Morgan fingerprint density at radius 2 is 2.05 bits per heavy atom. The molecule has 102 valence electrons. The number of carbonyl (C=O) groups is 1. The number of hydrogen-bond donors (Lipinski definition) is 1. The average Bonchev–Trinajstić information content (AvgIpc) is 3.03. The van der Waals surface area contributed by atoms with E-state index in [1.54, 1.807) is 23.0 Å². The summed E-state index contributed by atoms with van der Waals surface area (Å²) >= 11 is 0. The number of nitrogens with two attached hydrogens (primary N) is 1. The van der Waals surface area contributed by atoms with Crippen molar-refractivity contribution in [3.05, 3.63) is 54.2 Å². The summed E-state index contributed by atoms with van der Waals surface area (Å²) in [6.45, 7) is 1.09. The van der Waals surface area contributed by atoms with Gasteiger partial charge in [0, 0.05) is 24.3 Å². The molecule has 0 radical (unpaired) electrons. The van der Waals surface area contributed by atoms with Crippen LogP contribution in [-0.2, 0) is 13.1 Å². The van der Waals surface area contributed by atoms with Gasteiger partial charge in [0.25, 0.3) is 5.91 Å². The van der Waals surface area contributed by atoms with Gasteiger partial charge < -0.3 is 10.3 Å². The lowest BCUT2D eigenvalue weighted by molar-refractivity contribution is 0.0994. The van der Waals surface area contributed by atoms with Gasteiger partial charge in [-0.15, -0.1) is 0 Å². The number of halogens is 1. The standard InChI is InChI=1S/C14H13FN4O/c15-11-3-1-2-10-4-6-18(13(10)11)8-9-19-7-5-12(17-19)14(16)20/h1-7H,8-9H2,(H2,16,20). The summed E-state index contributed by atoms with van der Waals surface area (Å²) in [6.07, 6.45) is 3.52. The van der Waals surface area contributed by atoms with Crippen LogP contribution in [-0.4, -0.2) is 20.3 Å². The number of carbonyl (C=O) groups excluding carboxylic acids is 1. The Hall–Kier alpha value is -2.63. The average molecular weight is 272 g/mol. The molecule has 0 fully saturated rings. The second-order valence-electron chi connectivity index (χ2n) is 4.52. The van der Waals surface area contributed by atoms with Gasteiger partial charge in [-0.05, 0) is 18.2 Å². The monoisotopic (exact) mass is 272 g/mol. The highest BCUT2D eigenvalue weighted by molar-refractivity contribution is 5.90. The fourth-order valence-corrected chi connectivity index (χ4v) is 2.23. The molecular formula is C14H13FN4O. The summed E-state index contributed by atoms with van der Waals surface area (Å²) in [4.78, 5) is 11.0. The van der Waals surface area contributed by atoms with Crippen molar-refractivity contribution in [1.29, 1.82) is 0 Å². The fourth-order valence-electron chi connectivity index (χ4n) is 2.23. The summed E-state index contributed by atoms with van der Waals surface area (Å²) in [6, 6.07) is 8.44. The highest BCUT2D eigenvalue weighted by atomic mass is 19.1. The van der Waals surface area contributed by atoms with Gasteiger partial charge in [0.1, 0.15) is 11.5 Å². The Kier molecular flexibility index (Phi) is 2.98. The molecule has 0 aliphatic heterocycles. The number of nitrogens with zero attached hydrogens (tertiary/aromatic N) is 3. The van der Waals surface area contributed by atoms with Crippen LogP contribution in [0.2, 0.25) is 0 Å². The van der Waals surface area contributed by atoms with Gasteiger partial charge in [0.15, 0.2) is 0 Å². The van der Waals surface area contributed by atoms with E-state index in [-0.39, 0.29) is 11.5 Å². The van der Waals surface area contributed by atoms with Crippen molar-refractivity contribution in [2.45, 2.75) is 13.1 Å². The maximum absolute atomic E-state index is 13.8. The molecule has 3 rings (SSSR count). The van der Waals surface area contributed by atoms with Crippen molar-refractivity contribution in [1.82, 2.24) is 14.3 Å². The molecule has 3 aromatic rings. The smallest absolute Gasteiger partial charge is 0.269 e. The zero-order valence-corrected chi connectivity index (χ0v) is 10.7. The zero-order valence-electron chi connectivity index (χ0n) is 10.7. The maximum atomic E-state index is 13.8. The van der Waals surface area contributed by atoms with Crippen molar-refractivity contribution in [3.8, 4) is 0 Å². The molecule has 2 heterocycles. The topological polar surface area (TPSA) is 65.8 Å². The van der Waals surface area contributed by atoms with Crippen LogP contribution in [0.3, 0.4) is 0 Å². The largest absolute Gasteiger partial charge is 0.364 e. The van der Waals surface area contributed by atoms with Gasteiger partial charge >= 0.3 is 0 Å². The molecule has 2 aromatic heterocycles. The predicted molar refractivity (Wildman–Crippen MR) is 72.6 cm³/mol. The molecule has 1 amide bonds. The lowest BCUT2D eigenvalue weighted by atomic mass is 10.2. The van der Waals surface area contributed by atoms with E-state index < -0.39 is 5.91 Å². The summed E-state index contributed by atoms with van der Waals surface area (Å²) in [5, 5.41) is 4.91. The first-order valence-corrected chi connectivity index (χ1v) is 6.22. The van der Waals surface area contributed by atoms with Crippen LogP contribution in [0.5, 0.6) is 0 Å². The highest BCUT2D eigenvalue weighted by Crippen LogP contribution is 2.19. The van der Waals surface area contributed by atoms with Crippen LogP contribution < -0.4 is 5.73 Å². The van der Waals surface area contributed by atoms with Gasteiger partial charge in [0.2, 0.25) is 0 Å². The van der Waals surface area contributed by atoms with Crippen LogP contribution >= 0.6 is 0 Å². The second kappa shape index (κ2) is 4.80. The summed E-state index contributed by atoms with van der Waals surface area (Å²) in [5.41, 5.74) is 5.95. The maximum Gasteiger partial charge on any atom is 0.269 e. The normalized spacial score (nSPS) is 11.1. The highest BCUT2D eigenvalue weighted by Gasteiger charge is 2.07. The Bertz CT molecular complexity index is 774. The van der Waals surface area contributed by atoms with Crippen molar-refractivity contribution in [3.63, 3.8) is 0 Å². The number of para-hydroxylation sites is 1. The van der Waals surface area contributed by atoms with E-state index in [4.69, 9.17) is 5.73 Å². The third-order valence-electron chi connectivity index (χ3n) is 3.20. The Morgan fingerprint density at radius 1 is 1.20 bits per heavy atom. The Labute approximate surface area is 114 Å². The number of aromatic nitrogens is 3. The zero-order chi connectivity index (χ0) is 14.1. The molecule has 20 heavy (non-hydrogen) atoms. The van der Waals surface area contributed by atoms with Crippen molar-refractivity contribution >= 4 is 16.8 Å². The van der Waals surface area contributed by atoms with E-state index in [1.807, 2.05) is 22.9 Å². The summed E-state index contributed by atoms with van der Waals surface area (Å²) in [7, 11) is 0. The van der Waals surface area contributed by atoms with E-state index in [1.165, 1.54) is 6.07 Å². The van der Waals surface area contributed by atoms with Gasteiger partial charge in [-0.1, -0.05) is 12.1 Å².